The highest BCUT2D eigenvalue weighted by Gasteiger charge is 2.72. The second-order valence-electron chi connectivity index (χ2n) is 24.2. The van der Waals surface area contributed by atoms with Crippen LogP contribution < -0.4 is 0 Å². The van der Waals surface area contributed by atoms with Crippen LogP contribution >= 0.6 is 0 Å². The predicted octanol–water partition coefficient (Wildman–Crippen LogP) is 11.0. The van der Waals surface area contributed by atoms with E-state index >= 15 is 4.79 Å². The lowest BCUT2D eigenvalue weighted by Crippen LogP contribution is -2.67. The van der Waals surface area contributed by atoms with Crippen molar-refractivity contribution in [1.29, 1.82) is 0 Å². The number of fused-ring (bicyclic) bond motifs is 7. The molecule has 1 aromatic carbocycles. The third-order valence-corrected chi connectivity index (χ3v) is 21.1. The van der Waals surface area contributed by atoms with Gasteiger partial charge in [-0.15, -0.1) is 0 Å². The number of benzene rings is 1. The molecule has 0 radical (unpaired) electrons. The molecular weight excluding hydrogens is 757 g/mol. The van der Waals surface area contributed by atoms with Gasteiger partial charge in [-0.3, -0.25) is 14.4 Å². The Labute approximate surface area is 368 Å². The first-order chi connectivity index (χ1) is 28.9. The first-order valence-corrected chi connectivity index (χ1v) is 25.0. The average molecular weight is 837 g/mol. The van der Waals surface area contributed by atoms with E-state index in [1.54, 1.807) is 0 Å². The van der Waals surface area contributed by atoms with Crippen LogP contribution in [-0.4, -0.2) is 66.0 Å². The van der Waals surface area contributed by atoms with Crippen LogP contribution in [0.5, 0.6) is 0 Å². The van der Waals surface area contributed by atoms with Crippen molar-refractivity contribution >= 4 is 17.8 Å². The van der Waals surface area contributed by atoms with Gasteiger partial charge in [0.05, 0.1) is 17.3 Å². The van der Waals surface area contributed by atoms with Crippen molar-refractivity contribution in [3.05, 3.63) is 48.0 Å². The number of hydrogen-bond acceptors (Lipinski definition) is 6. The third-order valence-electron chi connectivity index (χ3n) is 21.1. The summed E-state index contributed by atoms with van der Waals surface area (Å²) in [5, 5.41) is 0. The molecule has 61 heavy (non-hydrogen) atoms. The van der Waals surface area contributed by atoms with Gasteiger partial charge >= 0.3 is 11.9 Å². The number of ether oxygens (including phenoxy) is 2. The second kappa shape index (κ2) is 15.5. The molecule has 2 heterocycles. The van der Waals surface area contributed by atoms with E-state index in [1.807, 2.05) is 44.2 Å². The van der Waals surface area contributed by atoms with Crippen molar-refractivity contribution in [3.63, 3.8) is 0 Å². The zero-order valence-electron chi connectivity index (χ0n) is 39.4. The quantitative estimate of drug-likeness (QED) is 0.182. The summed E-state index contributed by atoms with van der Waals surface area (Å²) in [6, 6.07) is 10.2. The SMILES string of the molecule is C=C(C)[C@@H]1CC[C@]2(C(=O)N3CCC[C@H]3CN3CCCC3)CC[C@]3(C)[C@H](CC[C@@H]4[C@@]5(C)CC[C@H](OC(=O)[C@@H]6C[C@H](C(=O)OCc7ccccc7)C6(C)C)C(C)(C)[C@@H]5CC[C@]43C)[C@@H]12. The number of esters is 2. The fraction of sp³-hybridized carbons (Fsp3) is 0.796. The molecule has 0 N–H and O–H groups in total. The van der Waals surface area contributed by atoms with E-state index < -0.39 is 5.41 Å². The maximum atomic E-state index is 15.4. The highest BCUT2D eigenvalue weighted by atomic mass is 16.5. The molecule has 8 fully saturated rings. The van der Waals surface area contributed by atoms with E-state index in [1.165, 1.54) is 50.8 Å². The van der Waals surface area contributed by atoms with Gasteiger partial charge in [-0.1, -0.05) is 91.0 Å². The summed E-state index contributed by atoms with van der Waals surface area (Å²) in [5.41, 5.74) is 1.87. The number of carbonyl (C=O) groups excluding carboxylic acids is 3. The molecule has 7 nitrogen and oxygen atoms in total. The highest BCUT2D eigenvalue weighted by Crippen LogP contribution is 2.78. The number of likely N-dealkylation sites (tertiary alicyclic amines) is 2. The van der Waals surface area contributed by atoms with Crippen molar-refractivity contribution in [2.24, 2.45) is 73.9 Å². The highest BCUT2D eigenvalue weighted by molar-refractivity contribution is 5.85. The minimum absolute atomic E-state index is 0.132. The van der Waals surface area contributed by atoms with E-state index in [9.17, 15) is 9.59 Å². The molecule has 0 spiro atoms. The topological polar surface area (TPSA) is 76.2 Å². The Morgan fingerprint density at radius 1 is 0.721 bits per heavy atom. The van der Waals surface area contributed by atoms with Gasteiger partial charge in [0.1, 0.15) is 12.7 Å². The first-order valence-electron chi connectivity index (χ1n) is 25.0. The van der Waals surface area contributed by atoms with Crippen LogP contribution in [0.15, 0.2) is 42.5 Å². The van der Waals surface area contributed by atoms with E-state index in [2.05, 4.69) is 57.9 Å². The third kappa shape index (κ3) is 6.66. The van der Waals surface area contributed by atoms with Gasteiger partial charge in [-0.2, -0.15) is 0 Å². The largest absolute Gasteiger partial charge is 0.462 e. The van der Waals surface area contributed by atoms with Crippen LogP contribution in [0.25, 0.3) is 0 Å². The monoisotopic (exact) mass is 837 g/mol. The molecule has 2 aliphatic heterocycles. The van der Waals surface area contributed by atoms with Gasteiger partial charge in [-0.05, 0) is 173 Å². The number of nitrogens with zero attached hydrogens (tertiary/aromatic N) is 2. The average Bonchev–Trinajstić information content (AvgIpc) is 4.00. The van der Waals surface area contributed by atoms with Crippen LogP contribution in [0, 0.1) is 73.9 Å². The lowest BCUT2D eigenvalue weighted by molar-refractivity contribution is -0.251. The fourth-order valence-corrected chi connectivity index (χ4v) is 17.3. The van der Waals surface area contributed by atoms with Crippen molar-refractivity contribution < 1.29 is 23.9 Å². The van der Waals surface area contributed by atoms with Gasteiger partial charge in [0.15, 0.2) is 0 Å². The smallest absolute Gasteiger partial charge is 0.309 e. The van der Waals surface area contributed by atoms with Gasteiger partial charge < -0.3 is 19.3 Å². The standard InChI is InChI=1S/C54H80N2O5/c1-35(2)38-21-26-54(48(59)56-31-15-18-37(56)33-55-29-13-14-30-55)28-27-52(8)39(45(38)54)19-20-43-51(7)24-23-44(50(5,6)42(51)22-25-53(43,52)9)61-47(58)41-32-40(49(41,3)4)46(57)60-34-36-16-11-10-12-17-36/h10-12,16-17,37-45H,1,13-15,18-34H2,2-9H3/t37-,38-,39+,40+,41-,42-,43+,44-,45+,51-,52+,53+,54-/m0/s1. The first kappa shape index (κ1) is 43.6. The van der Waals surface area contributed by atoms with Crippen LogP contribution in [0.1, 0.15) is 157 Å². The summed E-state index contributed by atoms with van der Waals surface area (Å²) in [6.45, 7) is 28.4. The van der Waals surface area contributed by atoms with Crippen molar-refractivity contribution in [1.82, 2.24) is 9.80 Å². The molecule has 9 rings (SSSR count). The molecule has 0 aromatic heterocycles. The summed E-state index contributed by atoms with van der Waals surface area (Å²) in [4.78, 5) is 47.7. The Bertz CT molecular complexity index is 1870. The fourth-order valence-electron chi connectivity index (χ4n) is 17.3. The molecule has 7 heteroatoms. The Hall–Kier alpha value is -2.67. The normalized spacial score (nSPS) is 43.5. The number of carbonyl (C=O) groups is 3. The van der Waals surface area contributed by atoms with E-state index in [-0.39, 0.29) is 63.6 Å². The van der Waals surface area contributed by atoms with Gasteiger partial charge in [0, 0.05) is 24.5 Å². The number of rotatable bonds is 9. The van der Waals surface area contributed by atoms with Crippen molar-refractivity contribution in [2.45, 2.75) is 170 Å². The molecular formula is C54H80N2O5. The Balaban J connectivity index is 0.899. The van der Waals surface area contributed by atoms with Crippen molar-refractivity contribution in [2.75, 3.05) is 26.2 Å². The van der Waals surface area contributed by atoms with Crippen LogP contribution in [-0.2, 0) is 30.5 Å². The summed E-state index contributed by atoms with van der Waals surface area (Å²) in [6.07, 6.45) is 16.4. The lowest BCUT2D eigenvalue weighted by atomic mass is 9.32. The molecule has 6 aliphatic carbocycles. The molecule has 1 aromatic rings. The predicted molar refractivity (Wildman–Crippen MR) is 241 cm³/mol. The Morgan fingerprint density at radius 2 is 1.44 bits per heavy atom. The maximum Gasteiger partial charge on any atom is 0.309 e. The number of amides is 1. The van der Waals surface area contributed by atoms with Crippen LogP contribution in [0.3, 0.4) is 0 Å². The maximum absolute atomic E-state index is 15.4. The Kier molecular flexibility index (Phi) is 11.1. The molecule has 8 aliphatic rings. The second-order valence-corrected chi connectivity index (χ2v) is 24.2. The lowest BCUT2D eigenvalue weighted by Gasteiger charge is -2.73. The van der Waals surface area contributed by atoms with E-state index in [4.69, 9.17) is 9.47 Å². The van der Waals surface area contributed by atoms with Gasteiger partial charge in [0.2, 0.25) is 5.91 Å². The van der Waals surface area contributed by atoms with Gasteiger partial charge in [0.25, 0.3) is 0 Å². The summed E-state index contributed by atoms with van der Waals surface area (Å²) < 4.78 is 12.4. The molecule has 13 atom stereocenters. The Morgan fingerprint density at radius 3 is 2.15 bits per heavy atom. The molecule has 0 bridgehead atoms. The van der Waals surface area contributed by atoms with Crippen LogP contribution in [0.2, 0.25) is 0 Å². The van der Waals surface area contributed by atoms with E-state index in [0.717, 1.165) is 76.4 Å². The molecule has 1 amide bonds. The summed E-state index contributed by atoms with van der Waals surface area (Å²) in [7, 11) is 0. The zero-order chi connectivity index (χ0) is 43.3. The zero-order valence-corrected chi connectivity index (χ0v) is 39.4. The molecule has 2 saturated heterocycles. The molecule has 6 saturated carbocycles. The van der Waals surface area contributed by atoms with Crippen molar-refractivity contribution in [3.8, 4) is 0 Å². The van der Waals surface area contributed by atoms with Gasteiger partial charge in [-0.25, -0.2) is 0 Å². The number of hydrogen-bond donors (Lipinski definition) is 0. The van der Waals surface area contributed by atoms with E-state index in [0.29, 0.717) is 48.0 Å². The number of allylic oxidation sites excluding steroid dienone is 1. The minimum Gasteiger partial charge on any atom is -0.462 e. The summed E-state index contributed by atoms with van der Waals surface area (Å²) in [5.74, 6) is 1.97. The molecule has 336 valence electrons. The minimum atomic E-state index is -0.507. The summed E-state index contributed by atoms with van der Waals surface area (Å²) >= 11 is 0. The molecule has 0 unspecified atom stereocenters. The van der Waals surface area contributed by atoms with Crippen LogP contribution in [0.4, 0.5) is 0 Å².